The van der Waals surface area contributed by atoms with Crippen LogP contribution in [-0.4, -0.2) is 66.8 Å². The normalized spacial score (nSPS) is 24.7. The van der Waals surface area contributed by atoms with Crippen LogP contribution in [0.25, 0.3) is 0 Å². The van der Waals surface area contributed by atoms with E-state index in [1.54, 1.807) is 0 Å². The number of nitrogens with two attached hydrogens (primary N) is 1. The predicted molar refractivity (Wildman–Crippen MR) is 76.7 cm³/mol. The largest absolute Gasteiger partial charge is 0.389 e. The van der Waals surface area contributed by atoms with Crippen LogP contribution in [0.15, 0.2) is 0 Å². The lowest BCUT2D eigenvalue weighted by Crippen LogP contribution is -2.40. The van der Waals surface area contributed by atoms with E-state index in [9.17, 15) is 5.11 Å². The van der Waals surface area contributed by atoms with Crippen molar-refractivity contribution in [1.82, 2.24) is 9.80 Å². The van der Waals surface area contributed by atoms with Crippen molar-refractivity contribution in [1.29, 1.82) is 0 Å². The van der Waals surface area contributed by atoms with Crippen LogP contribution in [-0.2, 0) is 0 Å². The zero-order chi connectivity index (χ0) is 13.6. The fraction of sp³-hybridized carbons (Fsp3) is 1.00. The summed E-state index contributed by atoms with van der Waals surface area (Å²) in [6.45, 7) is 5.85. The summed E-state index contributed by atoms with van der Waals surface area (Å²) in [6.07, 6.45) is 5.25. The van der Waals surface area contributed by atoms with Gasteiger partial charge >= 0.3 is 0 Å². The van der Waals surface area contributed by atoms with Crippen molar-refractivity contribution in [2.45, 2.75) is 50.7 Å². The second kappa shape index (κ2) is 7.43. The average molecular weight is 257 g/mol. The Morgan fingerprint density at radius 1 is 1.44 bits per heavy atom. The number of hydrogen-bond donors (Lipinski definition) is 2. The van der Waals surface area contributed by atoms with Gasteiger partial charge in [0.15, 0.2) is 0 Å². The van der Waals surface area contributed by atoms with E-state index in [1.165, 1.54) is 19.4 Å². The molecule has 0 amide bonds. The van der Waals surface area contributed by atoms with E-state index in [0.717, 1.165) is 32.4 Å². The molecule has 0 saturated carbocycles. The summed E-state index contributed by atoms with van der Waals surface area (Å²) in [5, 5.41) is 10.2. The van der Waals surface area contributed by atoms with Crippen LogP contribution < -0.4 is 5.73 Å². The fourth-order valence-electron chi connectivity index (χ4n) is 2.85. The molecule has 1 rings (SSSR count). The third-order valence-corrected chi connectivity index (χ3v) is 4.20. The van der Waals surface area contributed by atoms with E-state index in [1.807, 2.05) is 6.92 Å². The summed E-state index contributed by atoms with van der Waals surface area (Å²) in [5.74, 6) is 0. The predicted octanol–water partition coefficient (Wildman–Crippen LogP) is 0.892. The molecule has 4 heteroatoms. The maximum atomic E-state index is 10.2. The lowest BCUT2D eigenvalue weighted by atomic mass is 9.95. The average Bonchev–Trinajstić information content (AvgIpc) is 2.75. The Morgan fingerprint density at radius 3 is 2.72 bits per heavy atom. The van der Waals surface area contributed by atoms with Gasteiger partial charge in [0.2, 0.25) is 0 Å². The van der Waals surface area contributed by atoms with Gasteiger partial charge in [-0.05, 0) is 59.3 Å². The van der Waals surface area contributed by atoms with Gasteiger partial charge < -0.3 is 15.7 Å². The lowest BCUT2D eigenvalue weighted by molar-refractivity contribution is 0.0309. The van der Waals surface area contributed by atoms with Gasteiger partial charge in [-0.25, -0.2) is 0 Å². The van der Waals surface area contributed by atoms with Crippen molar-refractivity contribution in [2.24, 2.45) is 5.73 Å². The Labute approximate surface area is 112 Å². The molecule has 4 nitrogen and oxygen atoms in total. The van der Waals surface area contributed by atoms with Gasteiger partial charge in [-0.3, -0.25) is 4.90 Å². The highest BCUT2D eigenvalue weighted by Crippen LogP contribution is 2.21. The van der Waals surface area contributed by atoms with Crippen molar-refractivity contribution < 1.29 is 5.11 Å². The van der Waals surface area contributed by atoms with Crippen molar-refractivity contribution in [2.75, 3.05) is 40.3 Å². The van der Waals surface area contributed by atoms with Gasteiger partial charge in [0.05, 0.1) is 5.60 Å². The van der Waals surface area contributed by atoms with Crippen molar-refractivity contribution in [3.05, 3.63) is 0 Å². The minimum Gasteiger partial charge on any atom is -0.389 e. The summed E-state index contributed by atoms with van der Waals surface area (Å²) in [7, 11) is 4.28. The first-order valence-electron chi connectivity index (χ1n) is 7.32. The summed E-state index contributed by atoms with van der Waals surface area (Å²) in [5.41, 5.74) is 4.99. The molecule has 0 aromatic heterocycles. The number of hydrogen-bond acceptors (Lipinski definition) is 4. The van der Waals surface area contributed by atoms with Crippen LogP contribution >= 0.6 is 0 Å². The third-order valence-electron chi connectivity index (χ3n) is 4.20. The molecular formula is C14H31N3O. The highest BCUT2D eigenvalue weighted by molar-refractivity contribution is 4.83. The Balaban J connectivity index is 2.29. The fourth-order valence-corrected chi connectivity index (χ4v) is 2.85. The van der Waals surface area contributed by atoms with Crippen LogP contribution in [0.4, 0.5) is 0 Å². The number of nitrogens with zero attached hydrogens (tertiary/aromatic N) is 2. The SMILES string of the molecule is CCC(O)(CN)CCCN1CCCC1CN(C)C. The van der Waals surface area contributed by atoms with E-state index in [4.69, 9.17) is 5.73 Å². The monoisotopic (exact) mass is 257 g/mol. The van der Waals surface area contributed by atoms with E-state index in [2.05, 4.69) is 23.9 Å². The summed E-state index contributed by atoms with van der Waals surface area (Å²) >= 11 is 0. The molecule has 1 saturated heterocycles. The number of aliphatic hydroxyl groups is 1. The van der Waals surface area contributed by atoms with E-state index in [0.29, 0.717) is 12.6 Å². The first kappa shape index (κ1) is 15.9. The van der Waals surface area contributed by atoms with E-state index >= 15 is 0 Å². The molecule has 0 aromatic rings. The van der Waals surface area contributed by atoms with Crippen LogP contribution in [0, 0.1) is 0 Å². The number of likely N-dealkylation sites (N-methyl/N-ethyl adjacent to an activating group) is 1. The van der Waals surface area contributed by atoms with Gasteiger partial charge in [-0.2, -0.15) is 0 Å². The third kappa shape index (κ3) is 4.84. The Kier molecular flexibility index (Phi) is 6.57. The molecule has 2 atom stereocenters. The van der Waals surface area contributed by atoms with Crippen LogP contribution in [0.1, 0.15) is 39.0 Å². The van der Waals surface area contributed by atoms with Crippen LogP contribution in [0.3, 0.4) is 0 Å². The van der Waals surface area contributed by atoms with Gasteiger partial charge in [0, 0.05) is 19.1 Å². The second-order valence-corrected chi connectivity index (χ2v) is 5.98. The molecule has 2 unspecified atom stereocenters. The minimum atomic E-state index is -0.642. The van der Waals surface area contributed by atoms with Crippen molar-refractivity contribution in [3.8, 4) is 0 Å². The molecular weight excluding hydrogens is 226 g/mol. The van der Waals surface area contributed by atoms with Gasteiger partial charge in [0.1, 0.15) is 0 Å². The van der Waals surface area contributed by atoms with Crippen molar-refractivity contribution in [3.63, 3.8) is 0 Å². The number of rotatable bonds is 8. The van der Waals surface area contributed by atoms with E-state index in [-0.39, 0.29) is 0 Å². The molecule has 3 N–H and O–H groups in total. The molecule has 108 valence electrons. The molecule has 0 aliphatic carbocycles. The van der Waals surface area contributed by atoms with Crippen LogP contribution in [0.5, 0.6) is 0 Å². The zero-order valence-corrected chi connectivity index (χ0v) is 12.4. The van der Waals surface area contributed by atoms with Crippen LogP contribution in [0.2, 0.25) is 0 Å². The summed E-state index contributed by atoms with van der Waals surface area (Å²) < 4.78 is 0. The highest BCUT2D eigenvalue weighted by atomic mass is 16.3. The molecule has 18 heavy (non-hydrogen) atoms. The first-order valence-corrected chi connectivity index (χ1v) is 7.32. The highest BCUT2D eigenvalue weighted by Gasteiger charge is 2.26. The standard InChI is InChI=1S/C14H31N3O/c1-4-14(18,12-15)8-6-10-17-9-5-7-13(17)11-16(2)3/h13,18H,4-12,15H2,1-3H3. The van der Waals surface area contributed by atoms with Gasteiger partial charge in [-0.15, -0.1) is 0 Å². The maximum absolute atomic E-state index is 10.2. The van der Waals surface area contributed by atoms with E-state index < -0.39 is 5.60 Å². The summed E-state index contributed by atoms with van der Waals surface area (Å²) in [6, 6.07) is 0.701. The molecule has 1 aliphatic rings. The van der Waals surface area contributed by atoms with Gasteiger partial charge in [0.25, 0.3) is 0 Å². The second-order valence-electron chi connectivity index (χ2n) is 5.98. The lowest BCUT2D eigenvalue weighted by Gasteiger charge is -2.29. The minimum absolute atomic E-state index is 0.380. The Bertz CT molecular complexity index is 229. The molecule has 1 aliphatic heterocycles. The molecule has 0 radical (unpaired) electrons. The molecule has 1 heterocycles. The van der Waals surface area contributed by atoms with Crippen molar-refractivity contribution >= 4 is 0 Å². The van der Waals surface area contributed by atoms with Gasteiger partial charge in [-0.1, -0.05) is 6.92 Å². The maximum Gasteiger partial charge on any atom is 0.0767 e. The topological polar surface area (TPSA) is 52.7 Å². The smallest absolute Gasteiger partial charge is 0.0767 e. The first-order chi connectivity index (χ1) is 8.50. The molecule has 0 aromatic carbocycles. The molecule has 0 bridgehead atoms. The quantitative estimate of drug-likeness (QED) is 0.678. The Hall–Kier alpha value is -0.160. The molecule has 0 spiro atoms. The summed E-state index contributed by atoms with van der Waals surface area (Å²) in [4.78, 5) is 4.85. The molecule has 1 fully saturated rings. The number of likely N-dealkylation sites (tertiary alicyclic amines) is 1. The zero-order valence-electron chi connectivity index (χ0n) is 12.4. The Morgan fingerprint density at radius 2 is 2.17 bits per heavy atom.